The Bertz CT molecular complexity index is 369. The van der Waals surface area contributed by atoms with Crippen molar-refractivity contribution in [3.8, 4) is 5.75 Å². The lowest BCUT2D eigenvalue weighted by molar-refractivity contribution is -0.156. The Morgan fingerprint density at radius 1 is 1.31 bits per heavy atom. The molecule has 0 N–H and O–H groups in total. The molecule has 1 rings (SSSR count). The molecule has 1 aromatic rings. The van der Waals surface area contributed by atoms with E-state index in [-0.39, 0.29) is 5.97 Å². The summed E-state index contributed by atoms with van der Waals surface area (Å²) in [7, 11) is 1.36. The van der Waals surface area contributed by atoms with E-state index >= 15 is 0 Å². The third kappa shape index (κ3) is 2.75. The van der Waals surface area contributed by atoms with Crippen LogP contribution in [0.2, 0.25) is 0 Å². The minimum atomic E-state index is -0.958. The summed E-state index contributed by atoms with van der Waals surface area (Å²) in [6.07, 6.45) is 0.868. The number of benzene rings is 1. The molecule has 1 aromatic carbocycles. The highest BCUT2D eigenvalue weighted by atomic mass is 16.6. The molecular weight excluding hydrogens is 204 g/mol. The van der Waals surface area contributed by atoms with Crippen LogP contribution in [0.3, 0.4) is 0 Å². The first kappa shape index (κ1) is 12.6. The first-order valence-corrected chi connectivity index (χ1v) is 5.36. The summed E-state index contributed by atoms with van der Waals surface area (Å²) in [4.78, 5) is 11.5. The molecule has 0 fully saturated rings. The Hall–Kier alpha value is -1.51. The average molecular weight is 222 g/mol. The van der Waals surface area contributed by atoms with Crippen LogP contribution in [0.1, 0.15) is 26.3 Å². The van der Waals surface area contributed by atoms with Gasteiger partial charge >= 0.3 is 5.97 Å². The number of rotatable bonds is 4. The van der Waals surface area contributed by atoms with Crippen molar-refractivity contribution in [2.75, 3.05) is 7.11 Å². The van der Waals surface area contributed by atoms with E-state index in [1.807, 2.05) is 31.2 Å². The van der Waals surface area contributed by atoms with E-state index in [4.69, 9.17) is 9.47 Å². The smallest absolute Gasteiger partial charge is 0.349 e. The summed E-state index contributed by atoms with van der Waals surface area (Å²) in [5.41, 5.74) is 0.125. The molecule has 0 aromatic heterocycles. The standard InChI is InChI=1S/C13H18O3/c1-5-10-8-6-7-9-11(10)16-13(2,3)12(14)15-4/h6-9H,5H2,1-4H3. The second-order valence-electron chi connectivity index (χ2n) is 4.07. The molecule has 3 heteroatoms. The lowest BCUT2D eigenvalue weighted by Gasteiger charge is -2.24. The van der Waals surface area contributed by atoms with Gasteiger partial charge in [0, 0.05) is 0 Å². The maximum absolute atomic E-state index is 11.5. The van der Waals surface area contributed by atoms with Gasteiger partial charge in [-0.3, -0.25) is 0 Å². The molecule has 0 unspecified atom stereocenters. The zero-order valence-electron chi connectivity index (χ0n) is 10.2. The molecule has 0 bridgehead atoms. The molecule has 88 valence electrons. The van der Waals surface area contributed by atoms with Crippen molar-refractivity contribution in [3.05, 3.63) is 29.8 Å². The fourth-order valence-electron chi connectivity index (χ4n) is 1.46. The Morgan fingerprint density at radius 3 is 2.50 bits per heavy atom. The number of hydrogen-bond acceptors (Lipinski definition) is 3. The van der Waals surface area contributed by atoms with E-state index in [0.717, 1.165) is 17.7 Å². The molecule has 0 spiro atoms. The number of carbonyl (C=O) groups is 1. The van der Waals surface area contributed by atoms with Crippen LogP contribution in [0.5, 0.6) is 5.75 Å². The molecule has 0 saturated heterocycles. The molecule has 3 nitrogen and oxygen atoms in total. The summed E-state index contributed by atoms with van der Waals surface area (Å²) < 4.78 is 10.4. The molecule has 0 atom stereocenters. The molecule has 0 radical (unpaired) electrons. The van der Waals surface area contributed by atoms with Gasteiger partial charge in [0.2, 0.25) is 0 Å². The van der Waals surface area contributed by atoms with Gasteiger partial charge in [-0.05, 0) is 31.9 Å². The van der Waals surface area contributed by atoms with E-state index in [1.165, 1.54) is 7.11 Å². The first-order chi connectivity index (χ1) is 7.51. The Kier molecular flexibility index (Phi) is 3.93. The van der Waals surface area contributed by atoms with Crippen LogP contribution in [0.25, 0.3) is 0 Å². The first-order valence-electron chi connectivity index (χ1n) is 5.36. The van der Waals surface area contributed by atoms with Gasteiger partial charge in [-0.15, -0.1) is 0 Å². The van der Waals surface area contributed by atoms with Crippen molar-refractivity contribution in [1.29, 1.82) is 0 Å². The highest BCUT2D eigenvalue weighted by Gasteiger charge is 2.31. The quantitative estimate of drug-likeness (QED) is 0.734. The van der Waals surface area contributed by atoms with Crippen molar-refractivity contribution in [2.45, 2.75) is 32.8 Å². The Labute approximate surface area is 96.4 Å². The lowest BCUT2D eigenvalue weighted by atomic mass is 10.1. The van der Waals surface area contributed by atoms with Crippen LogP contribution in [-0.2, 0) is 16.0 Å². The highest BCUT2D eigenvalue weighted by molar-refractivity contribution is 5.78. The number of carbonyl (C=O) groups excluding carboxylic acids is 1. The van der Waals surface area contributed by atoms with Gasteiger partial charge in [-0.2, -0.15) is 0 Å². The SMILES string of the molecule is CCc1ccccc1OC(C)(C)C(=O)OC. The van der Waals surface area contributed by atoms with Gasteiger partial charge in [0.15, 0.2) is 5.60 Å². The largest absolute Gasteiger partial charge is 0.476 e. The van der Waals surface area contributed by atoms with E-state index in [9.17, 15) is 4.79 Å². The predicted molar refractivity (Wildman–Crippen MR) is 62.5 cm³/mol. The summed E-state index contributed by atoms with van der Waals surface area (Å²) in [5.74, 6) is 0.360. The van der Waals surface area contributed by atoms with Gasteiger partial charge in [0.25, 0.3) is 0 Å². The van der Waals surface area contributed by atoms with Crippen molar-refractivity contribution in [3.63, 3.8) is 0 Å². The monoisotopic (exact) mass is 222 g/mol. The summed E-state index contributed by atoms with van der Waals surface area (Å²) in [6.45, 7) is 5.45. The van der Waals surface area contributed by atoms with Gasteiger partial charge in [0.1, 0.15) is 5.75 Å². The Morgan fingerprint density at radius 2 is 1.94 bits per heavy atom. The summed E-state index contributed by atoms with van der Waals surface area (Å²) >= 11 is 0. The van der Waals surface area contributed by atoms with E-state index in [2.05, 4.69) is 0 Å². The minimum Gasteiger partial charge on any atom is -0.476 e. The van der Waals surface area contributed by atoms with Gasteiger partial charge in [0.05, 0.1) is 7.11 Å². The number of aryl methyl sites for hydroxylation is 1. The number of hydrogen-bond donors (Lipinski definition) is 0. The Balaban J connectivity index is 2.91. The average Bonchev–Trinajstić information content (AvgIpc) is 2.28. The highest BCUT2D eigenvalue weighted by Crippen LogP contribution is 2.24. The van der Waals surface area contributed by atoms with Crippen molar-refractivity contribution < 1.29 is 14.3 Å². The van der Waals surface area contributed by atoms with Crippen LogP contribution in [-0.4, -0.2) is 18.7 Å². The van der Waals surface area contributed by atoms with Crippen LogP contribution >= 0.6 is 0 Å². The van der Waals surface area contributed by atoms with Gasteiger partial charge in [-0.1, -0.05) is 25.1 Å². The number of methoxy groups -OCH3 is 1. The predicted octanol–water partition coefficient (Wildman–Crippen LogP) is 2.58. The van der Waals surface area contributed by atoms with Crippen molar-refractivity contribution >= 4 is 5.97 Å². The van der Waals surface area contributed by atoms with E-state index in [0.29, 0.717) is 0 Å². The van der Waals surface area contributed by atoms with E-state index in [1.54, 1.807) is 13.8 Å². The third-order valence-electron chi connectivity index (χ3n) is 2.40. The molecule has 0 aliphatic carbocycles. The fraction of sp³-hybridized carbons (Fsp3) is 0.462. The molecule has 0 saturated carbocycles. The second kappa shape index (κ2) is 5.01. The zero-order valence-corrected chi connectivity index (χ0v) is 10.2. The topological polar surface area (TPSA) is 35.5 Å². The van der Waals surface area contributed by atoms with Crippen LogP contribution in [0.15, 0.2) is 24.3 Å². The number of ether oxygens (including phenoxy) is 2. The van der Waals surface area contributed by atoms with Crippen molar-refractivity contribution in [1.82, 2.24) is 0 Å². The normalized spacial score (nSPS) is 11.0. The summed E-state index contributed by atoms with van der Waals surface area (Å²) in [5, 5.41) is 0. The molecule has 16 heavy (non-hydrogen) atoms. The maximum Gasteiger partial charge on any atom is 0.349 e. The van der Waals surface area contributed by atoms with Crippen LogP contribution in [0, 0.1) is 0 Å². The number of esters is 1. The van der Waals surface area contributed by atoms with Crippen LogP contribution < -0.4 is 4.74 Å². The zero-order chi connectivity index (χ0) is 12.2. The molecular formula is C13H18O3. The van der Waals surface area contributed by atoms with Gasteiger partial charge in [-0.25, -0.2) is 4.79 Å². The fourth-order valence-corrected chi connectivity index (χ4v) is 1.46. The van der Waals surface area contributed by atoms with Gasteiger partial charge < -0.3 is 9.47 Å². The van der Waals surface area contributed by atoms with Crippen molar-refractivity contribution in [2.24, 2.45) is 0 Å². The lowest BCUT2D eigenvalue weighted by Crippen LogP contribution is -2.39. The minimum absolute atomic E-state index is 0.376. The molecule has 0 aliphatic rings. The summed E-state index contributed by atoms with van der Waals surface area (Å²) in [6, 6.07) is 7.70. The molecule has 0 amide bonds. The molecule has 0 heterocycles. The van der Waals surface area contributed by atoms with E-state index < -0.39 is 5.60 Å². The second-order valence-corrected chi connectivity index (χ2v) is 4.07. The maximum atomic E-state index is 11.5. The molecule has 0 aliphatic heterocycles. The van der Waals surface area contributed by atoms with Crippen LogP contribution in [0.4, 0.5) is 0 Å². The third-order valence-corrected chi connectivity index (χ3v) is 2.40. The number of para-hydroxylation sites is 1.